The predicted molar refractivity (Wildman–Crippen MR) is 85.4 cm³/mol. The van der Waals surface area contributed by atoms with Crippen molar-refractivity contribution in [2.45, 2.75) is 19.8 Å². The van der Waals surface area contributed by atoms with Gasteiger partial charge in [0.05, 0.1) is 5.52 Å². The highest BCUT2D eigenvalue weighted by atomic mass is 35.5. The van der Waals surface area contributed by atoms with Gasteiger partial charge in [-0.2, -0.15) is 0 Å². The third-order valence-corrected chi connectivity index (χ3v) is 4.06. The molecule has 0 aliphatic heterocycles. The maximum Gasteiger partial charge on any atom is 0.417 e. The van der Waals surface area contributed by atoms with Crippen molar-refractivity contribution in [2.75, 3.05) is 0 Å². The molecule has 0 saturated carbocycles. The van der Waals surface area contributed by atoms with Crippen molar-refractivity contribution >= 4 is 28.5 Å². The molecule has 0 spiro atoms. The van der Waals surface area contributed by atoms with Crippen LogP contribution in [-0.4, -0.2) is 10.8 Å². The number of oxazole rings is 1. The molecule has 112 valence electrons. The summed E-state index contributed by atoms with van der Waals surface area (Å²) in [4.78, 5) is 25.9. The summed E-state index contributed by atoms with van der Waals surface area (Å²) < 4.78 is 5.00. The first kappa shape index (κ1) is 14.6. The second-order valence-electron chi connectivity index (χ2n) is 5.26. The first-order chi connectivity index (χ1) is 10.5. The summed E-state index contributed by atoms with van der Waals surface area (Å²) in [5, 5.41) is 0.667. The van der Waals surface area contributed by atoms with Crippen LogP contribution in [0.5, 0.6) is 0 Å². The summed E-state index contributed by atoms with van der Waals surface area (Å²) in [5.74, 6) is -0.407. The number of Topliss-reactive ketones (excluding diaryl/α,β-unsaturated/α-hetero) is 1. The maximum atomic E-state index is 12.2. The number of aromatic amines is 1. The third kappa shape index (κ3) is 2.97. The quantitative estimate of drug-likeness (QED) is 0.802. The van der Waals surface area contributed by atoms with Crippen LogP contribution in [0, 0.1) is 6.92 Å². The van der Waals surface area contributed by atoms with Gasteiger partial charge in [0.25, 0.3) is 0 Å². The number of hydrogen-bond donors (Lipinski definition) is 1. The zero-order chi connectivity index (χ0) is 15.7. The van der Waals surface area contributed by atoms with Crippen LogP contribution in [0.3, 0.4) is 0 Å². The van der Waals surface area contributed by atoms with E-state index in [-0.39, 0.29) is 12.2 Å². The van der Waals surface area contributed by atoms with Crippen molar-refractivity contribution in [2.24, 2.45) is 0 Å². The van der Waals surface area contributed by atoms with E-state index < -0.39 is 5.76 Å². The number of hydrogen-bond acceptors (Lipinski definition) is 3. The largest absolute Gasteiger partial charge is 0.417 e. The van der Waals surface area contributed by atoms with Gasteiger partial charge in [-0.1, -0.05) is 29.8 Å². The van der Waals surface area contributed by atoms with E-state index in [2.05, 4.69) is 4.98 Å². The second-order valence-corrected chi connectivity index (χ2v) is 5.67. The van der Waals surface area contributed by atoms with Gasteiger partial charge in [0.1, 0.15) is 5.78 Å². The van der Waals surface area contributed by atoms with Crippen molar-refractivity contribution in [3.05, 3.63) is 68.7 Å². The van der Waals surface area contributed by atoms with Gasteiger partial charge in [0.2, 0.25) is 0 Å². The van der Waals surface area contributed by atoms with E-state index in [4.69, 9.17) is 16.0 Å². The van der Waals surface area contributed by atoms with Gasteiger partial charge in [0, 0.05) is 17.9 Å². The van der Waals surface area contributed by atoms with Crippen LogP contribution >= 0.6 is 11.6 Å². The third-order valence-electron chi connectivity index (χ3n) is 3.65. The molecule has 0 atom stereocenters. The highest BCUT2D eigenvalue weighted by Gasteiger charge is 2.10. The standard InChI is InChI=1S/C17H14ClNO3/c1-10-12(3-2-4-14(10)18)9-13(20)7-11-5-6-15-16(8-11)22-17(21)19-15/h2-6,8H,7,9H2,1H3,(H,19,21). The number of nitrogens with one attached hydrogen (secondary N) is 1. The Labute approximate surface area is 131 Å². The molecule has 0 unspecified atom stereocenters. The number of carbonyl (C=O) groups excluding carboxylic acids is 1. The van der Waals surface area contributed by atoms with Gasteiger partial charge in [0.15, 0.2) is 5.58 Å². The Hall–Kier alpha value is -2.33. The highest BCUT2D eigenvalue weighted by Crippen LogP contribution is 2.20. The van der Waals surface area contributed by atoms with E-state index in [0.29, 0.717) is 22.5 Å². The first-order valence-corrected chi connectivity index (χ1v) is 7.28. The summed E-state index contributed by atoms with van der Waals surface area (Å²) in [6.07, 6.45) is 0.623. The number of rotatable bonds is 4. The van der Waals surface area contributed by atoms with Crippen molar-refractivity contribution < 1.29 is 9.21 Å². The highest BCUT2D eigenvalue weighted by molar-refractivity contribution is 6.31. The number of halogens is 1. The molecule has 0 radical (unpaired) electrons. The molecule has 0 bridgehead atoms. The maximum absolute atomic E-state index is 12.2. The zero-order valence-corrected chi connectivity index (χ0v) is 12.7. The van der Waals surface area contributed by atoms with Crippen molar-refractivity contribution in [1.82, 2.24) is 4.98 Å². The Morgan fingerprint density at radius 3 is 2.86 bits per heavy atom. The fourth-order valence-corrected chi connectivity index (χ4v) is 2.64. The Morgan fingerprint density at radius 1 is 1.23 bits per heavy atom. The summed E-state index contributed by atoms with van der Waals surface area (Å²) in [6.45, 7) is 1.91. The van der Waals surface area contributed by atoms with Crippen LogP contribution in [0.25, 0.3) is 11.1 Å². The summed E-state index contributed by atoms with van der Waals surface area (Å²) >= 11 is 6.07. The molecule has 0 aliphatic carbocycles. The molecule has 2 aromatic carbocycles. The Bertz CT molecular complexity index is 908. The summed E-state index contributed by atoms with van der Waals surface area (Å²) in [6, 6.07) is 10.8. The van der Waals surface area contributed by atoms with Gasteiger partial charge in [-0.05, 0) is 41.8 Å². The molecule has 0 saturated heterocycles. The minimum absolute atomic E-state index is 0.0857. The van der Waals surface area contributed by atoms with Gasteiger partial charge >= 0.3 is 5.76 Å². The zero-order valence-electron chi connectivity index (χ0n) is 12.0. The molecule has 1 heterocycles. The number of ketones is 1. The Balaban J connectivity index is 1.77. The number of H-pyrrole nitrogens is 1. The fraction of sp³-hybridized carbons (Fsp3) is 0.176. The molecule has 0 fully saturated rings. The number of aromatic nitrogens is 1. The predicted octanol–water partition coefficient (Wildman–Crippen LogP) is 3.44. The minimum atomic E-state index is -0.493. The van der Waals surface area contributed by atoms with Crippen LogP contribution in [0.1, 0.15) is 16.7 Å². The number of benzene rings is 2. The lowest BCUT2D eigenvalue weighted by atomic mass is 9.99. The molecule has 3 aromatic rings. The van der Waals surface area contributed by atoms with Gasteiger partial charge in [-0.25, -0.2) is 4.79 Å². The SMILES string of the molecule is Cc1c(Cl)cccc1CC(=O)Cc1ccc2[nH]c(=O)oc2c1. The lowest BCUT2D eigenvalue weighted by molar-refractivity contribution is -0.117. The van der Waals surface area contributed by atoms with E-state index >= 15 is 0 Å². The van der Waals surface area contributed by atoms with Gasteiger partial charge < -0.3 is 4.42 Å². The average molecular weight is 316 g/mol. The second kappa shape index (κ2) is 5.81. The van der Waals surface area contributed by atoms with Crippen molar-refractivity contribution in [3.63, 3.8) is 0 Å². The fourth-order valence-electron chi connectivity index (χ4n) is 2.45. The molecule has 5 heteroatoms. The van der Waals surface area contributed by atoms with E-state index in [1.807, 2.05) is 31.2 Å². The van der Waals surface area contributed by atoms with Gasteiger partial charge in [-0.15, -0.1) is 0 Å². The van der Waals surface area contributed by atoms with E-state index in [1.165, 1.54) is 0 Å². The normalized spacial score (nSPS) is 11.0. The monoisotopic (exact) mass is 315 g/mol. The van der Waals surface area contributed by atoms with Crippen LogP contribution in [0.2, 0.25) is 5.02 Å². The lowest BCUT2D eigenvalue weighted by Crippen LogP contribution is -2.07. The van der Waals surface area contributed by atoms with Crippen LogP contribution in [0.4, 0.5) is 0 Å². The molecular formula is C17H14ClNO3. The van der Waals surface area contributed by atoms with Gasteiger partial charge in [-0.3, -0.25) is 9.78 Å². The topological polar surface area (TPSA) is 63.1 Å². The first-order valence-electron chi connectivity index (χ1n) is 6.90. The minimum Gasteiger partial charge on any atom is -0.408 e. The molecule has 22 heavy (non-hydrogen) atoms. The Morgan fingerprint density at radius 2 is 2.05 bits per heavy atom. The van der Waals surface area contributed by atoms with Crippen LogP contribution in [0.15, 0.2) is 45.6 Å². The molecule has 0 aliphatic rings. The van der Waals surface area contributed by atoms with Crippen molar-refractivity contribution in [3.8, 4) is 0 Å². The molecule has 0 amide bonds. The average Bonchev–Trinajstić information content (AvgIpc) is 2.83. The van der Waals surface area contributed by atoms with E-state index in [9.17, 15) is 9.59 Å². The molecule has 1 aromatic heterocycles. The van der Waals surface area contributed by atoms with E-state index in [1.54, 1.807) is 12.1 Å². The van der Waals surface area contributed by atoms with Crippen molar-refractivity contribution in [1.29, 1.82) is 0 Å². The smallest absolute Gasteiger partial charge is 0.408 e. The van der Waals surface area contributed by atoms with Crippen LogP contribution in [-0.2, 0) is 17.6 Å². The number of fused-ring (bicyclic) bond motifs is 1. The lowest BCUT2D eigenvalue weighted by Gasteiger charge is -2.07. The van der Waals surface area contributed by atoms with E-state index in [0.717, 1.165) is 16.7 Å². The van der Waals surface area contributed by atoms with Crippen LogP contribution < -0.4 is 5.76 Å². The Kier molecular flexibility index (Phi) is 3.86. The summed E-state index contributed by atoms with van der Waals surface area (Å²) in [7, 11) is 0. The molecule has 1 N–H and O–H groups in total. The number of carbonyl (C=O) groups is 1. The summed E-state index contributed by atoms with van der Waals surface area (Å²) in [5.41, 5.74) is 3.79. The molecule has 3 rings (SSSR count). The molecular weight excluding hydrogens is 302 g/mol. The molecule has 4 nitrogen and oxygen atoms in total.